The van der Waals surface area contributed by atoms with Crippen LogP contribution in [0, 0.1) is 0 Å². The van der Waals surface area contributed by atoms with Gasteiger partial charge in [0.15, 0.2) is 5.82 Å². The Bertz CT molecular complexity index is 2250. The summed E-state index contributed by atoms with van der Waals surface area (Å²) in [4.78, 5) is 18.8. The number of benzene rings is 5. The first-order valence-corrected chi connectivity index (χ1v) is 23.0. The smallest absolute Gasteiger partial charge is 0.252 e. The molecule has 59 heavy (non-hydrogen) atoms. The summed E-state index contributed by atoms with van der Waals surface area (Å²) in [6.45, 7) is 4.64. The highest BCUT2D eigenvalue weighted by Gasteiger charge is 2.44. The van der Waals surface area contributed by atoms with Crippen molar-refractivity contribution in [2.24, 2.45) is 0 Å². The minimum absolute atomic E-state index is 0.0876. The van der Waals surface area contributed by atoms with E-state index in [1.54, 1.807) is 12.7 Å². The van der Waals surface area contributed by atoms with Crippen LogP contribution in [0.25, 0.3) is 11.4 Å². The van der Waals surface area contributed by atoms with Crippen LogP contribution in [0.5, 0.6) is 0 Å². The monoisotopic (exact) mass is 775 g/mol. The predicted molar refractivity (Wildman–Crippen MR) is 248 cm³/mol. The first-order valence-electron chi connectivity index (χ1n) is 23.0. The van der Waals surface area contributed by atoms with Crippen LogP contribution in [0.3, 0.4) is 0 Å². The zero-order valence-electron chi connectivity index (χ0n) is 35.2. The van der Waals surface area contributed by atoms with E-state index in [4.69, 9.17) is 9.97 Å². The number of nitrogens with zero attached hydrogens (tertiary/aromatic N) is 5. The van der Waals surface area contributed by atoms with E-state index in [0.717, 1.165) is 18.4 Å². The van der Waals surface area contributed by atoms with Crippen LogP contribution in [-0.2, 0) is 12.8 Å². The van der Waals surface area contributed by atoms with Gasteiger partial charge >= 0.3 is 0 Å². The number of aryl methyl sites for hydroxylation is 2. The van der Waals surface area contributed by atoms with Gasteiger partial charge < -0.3 is 9.80 Å². The van der Waals surface area contributed by atoms with Crippen LogP contribution in [0.4, 0.5) is 34.1 Å². The van der Waals surface area contributed by atoms with Gasteiger partial charge in [0, 0.05) is 39.7 Å². The molecule has 3 heterocycles. The molecule has 2 aliphatic heterocycles. The maximum Gasteiger partial charge on any atom is 0.252 e. The molecule has 0 atom stereocenters. The van der Waals surface area contributed by atoms with Gasteiger partial charge in [0.2, 0.25) is 0 Å². The molecule has 0 bridgehead atoms. The molecule has 2 saturated carbocycles. The van der Waals surface area contributed by atoms with Crippen LogP contribution in [0.2, 0.25) is 0 Å². The average Bonchev–Trinajstić information content (AvgIpc) is 3.31. The van der Waals surface area contributed by atoms with Gasteiger partial charge in [0.25, 0.3) is 6.71 Å². The molecule has 6 aromatic rings. The maximum absolute atomic E-state index is 4.74. The lowest BCUT2D eigenvalue weighted by molar-refractivity contribution is 0.444. The summed E-state index contributed by atoms with van der Waals surface area (Å²) in [5.74, 6) is 1.93. The van der Waals surface area contributed by atoms with Gasteiger partial charge in [-0.05, 0) is 150 Å². The van der Waals surface area contributed by atoms with Crippen molar-refractivity contribution in [1.29, 1.82) is 0 Å². The summed E-state index contributed by atoms with van der Waals surface area (Å²) >= 11 is 0. The van der Waals surface area contributed by atoms with E-state index in [2.05, 4.69) is 126 Å². The van der Waals surface area contributed by atoms with Crippen LogP contribution in [0.15, 0.2) is 110 Å². The Hall–Kier alpha value is -5.23. The number of hydrogen-bond donors (Lipinski definition) is 0. The molecule has 298 valence electrons. The fraction of sp³-hybridized carbons (Fsp3) is 0.377. The molecular formula is C53H58BN5. The molecule has 1 aromatic heterocycles. The number of rotatable bonds is 11. The van der Waals surface area contributed by atoms with Gasteiger partial charge in [-0.15, -0.1) is 0 Å². The fourth-order valence-corrected chi connectivity index (χ4v) is 10.9. The molecule has 4 aliphatic rings. The highest BCUT2D eigenvalue weighted by atomic mass is 15.2. The van der Waals surface area contributed by atoms with Gasteiger partial charge in [-0.2, -0.15) is 0 Å². The van der Waals surface area contributed by atoms with E-state index in [9.17, 15) is 0 Å². The first kappa shape index (κ1) is 38.0. The van der Waals surface area contributed by atoms with Crippen molar-refractivity contribution >= 4 is 57.2 Å². The quantitative estimate of drug-likeness (QED) is 0.122. The summed E-state index contributed by atoms with van der Waals surface area (Å²) < 4.78 is 0. The van der Waals surface area contributed by atoms with E-state index < -0.39 is 0 Å². The van der Waals surface area contributed by atoms with Crippen molar-refractivity contribution in [3.63, 3.8) is 0 Å². The molecule has 2 fully saturated rings. The van der Waals surface area contributed by atoms with Crippen LogP contribution in [-0.4, -0.2) is 21.7 Å². The van der Waals surface area contributed by atoms with Gasteiger partial charge in [-0.3, -0.25) is 0 Å². The van der Waals surface area contributed by atoms with Crippen LogP contribution < -0.4 is 26.2 Å². The average molecular weight is 776 g/mol. The normalized spacial score (nSPS) is 16.5. The second-order valence-electron chi connectivity index (χ2n) is 17.8. The lowest BCUT2D eigenvalue weighted by atomic mass is 9.33. The number of anilines is 6. The zero-order chi connectivity index (χ0) is 39.7. The van der Waals surface area contributed by atoms with Crippen molar-refractivity contribution in [2.45, 2.75) is 128 Å². The minimum atomic E-state index is 0.0876. The van der Waals surface area contributed by atoms with Crippen molar-refractivity contribution in [2.75, 3.05) is 9.80 Å². The standard InChI is InChI=1S/C53H58BN5/c1-3-5-13-37-19-25-44(26-20-37)58-48-29-23-41(39-15-9-7-10-16-39)31-46(48)54-47-32-42(40-17-11-8-12-18-40)24-30-49(47)59(45-27-21-38(22-28-45)14-6-4-2)51-34-43(33-50(58)52(51)54)53-56-35-55-36-57-53/h19-36,39-40H,3-18H2,1-2H3. The number of hydrogen-bond acceptors (Lipinski definition) is 5. The summed E-state index contributed by atoms with van der Waals surface area (Å²) in [5, 5.41) is 0. The van der Waals surface area contributed by atoms with Crippen molar-refractivity contribution in [1.82, 2.24) is 15.0 Å². The van der Waals surface area contributed by atoms with Crippen LogP contribution in [0.1, 0.15) is 138 Å². The summed E-state index contributed by atoms with van der Waals surface area (Å²) in [6.07, 6.45) is 23.4. The minimum Gasteiger partial charge on any atom is -0.311 e. The van der Waals surface area contributed by atoms with E-state index in [0.29, 0.717) is 17.7 Å². The number of aromatic nitrogens is 3. The Balaban J connectivity index is 1.24. The summed E-state index contributed by atoms with van der Waals surface area (Å²) in [7, 11) is 0. The van der Waals surface area contributed by atoms with Gasteiger partial charge in [-0.25, -0.2) is 15.0 Å². The molecule has 6 heteroatoms. The Morgan fingerprint density at radius 1 is 0.525 bits per heavy atom. The third-order valence-electron chi connectivity index (χ3n) is 14.0. The summed E-state index contributed by atoms with van der Waals surface area (Å²) in [5.41, 5.74) is 18.4. The second kappa shape index (κ2) is 16.8. The third-order valence-corrected chi connectivity index (χ3v) is 14.0. The van der Waals surface area contributed by atoms with E-state index >= 15 is 0 Å². The molecule has 5 nitrogen and oxygen atoms in total. The van der Waals surface area contributed by atoms with E-state index in [1.165, 1.54) is 163 Å². The number of fused-ring (bicyclic) bond motifs is 4. The molecule has 10 rings (SSSR count). The Morgan fingerprint density at radius 2 is 0.983 bits per heavy atom. The lowest BCUT2D eigenvalue weighted by Crippen LogP contribution is -2.61. The summed E-state index contributed by atoms with van der Waals surface area (Å²) in [6, 6.07) is 38.7. The predicted octanol–water partition coefficient (Wildman–Crippen LogP) is 12.4. The highest BCUT2D eigenvalue weighted by Crippen LogP contribution is 2.47. The van der Waals surface area contributed by atoms with E-state index in [1.807, 2.05) is 0 Å². The maximum atomic E-state index is 4.74. The molecule has 0 spiro atoms. The third kappa shape index (κ3) is 7.27. The molecular weight excluding hydrogens is 717 g/mol. The Morgan fingerprint density at radius 3 is 1.42 bits per heavy atom. The topological polar surface area (TPSA) is 45.2 Å². The zero-order valence-corrected chi connectivity index (χ0v) is 35.2. The number of unbranched alkanes of at least 4 members (excludes halogenated alkanes) is 2. The molecule has 5 aromatic carbocycles. The Labute approximate surface area is 352 Å². The lowest BCUT2D eigenvalue weighted by Gasteiger charge is -2.45. The highest BCUT2D eigenvalue weighted by molar-refractivity contribution is 7.00. The first-order chi connectivity index (χ1) is 29.2. The van der Waals surface area contributed by atoms with Crippen molar-refractivity contribution in [3.8, 4) is 11.4 Å². The Kier molecular flexibility index (Phi) is 10.8. The fourth-order valence-electron chi connectivity index (χ4n) is 10.9. The van der Waals surface area contributed by atoms with E-state index in [-0.39, 0.29) is 6.71 Å². The van der Waals surface area contributed by atoms with Crippen LogP contribution >= 0.6 is 0 Å². The van der Waals surface area contributed by atoms with Gasteiger partial charge in [0.05, 0.1) is 0 Å². The molecule has 0 radical (unpaired) electrons. The molecule has 0 amide bonds. The second-order valence-corrected chi connectivity index (χ2v) is 17.8. The van der Waals surface area contributed by atoms with Crippen molar-refractivity contribution in [3.05, 3.63) is 132 Å². The van der Waals surface area contributed by atoms with Gasteiger partial charge in [-0.1, -0.05) is 114 Å². The largest absolute Gasteiger partial charge is 0.311 e. The molecule has 0 unspecified atom stereocenters. The molecule has 0 N–H and O–H groups in total. The molecule has 2 aliphatic carbocycles. The molecule has 0 saturated heterocycles. The van der Waals surface area contributed by atoms with Gasteiger partial charge in [0.1, 0.15) is 12.7 Å². The van der Waals surface area contributed by atoms with Crippen molar-refractivity contribution < 1.29 is 0 Å². The SMILES string of the molecule is CCCCc1ccc(N2c3ccc(C4CCCCC4)cc3B3c4cc(C5CCCCC5)ccc4N(c4ccc(CCCC)cc4)c4cc(-c5ncncn5)cc2c43)cc1.